The maximum absolute atomic E-state index is 12.1. The fourth-order valence-electron chi connectivity index (χ4n) is 1.91. The monoisotopic (exact) mass is 347 g/mol. The van der Waals surface area contributed by atoms with E-state index in [0.717, 1.165) is 16.5 Å². The molecule has 6 heteroatoms. The third-order valence-corrected chi connectivity index (χ3v) is 4.77. The molecule has 0 aliphatic carbocycles. The van der Waals surface area contributed by atoms with E-state index >= 15 is 0 Å². The van der Waals surface area contributed by atoms with Crippen molar-refractivity contribution < 1.29 is 14.3 Å². The number of hydrogen-bond donors (Lipinski definition) is 0. The molecule has 106 valence electrons. The highest BCUT2D eigenvalue weighted by atomic mass is 79.9. The molecular weight excluding hydrogens is 330 g/mol. The maximum atomic E-state index is 12.1. The molecule has 19 heavy (non-hydrogen) atoms. The lowest BCUT2D eigenvalue weighted by Crippen LogP contribution is -2.39. The van der Waals surface area contributed by atoms with Crippen molar-refractivity contribution in [3.05, 3.63) is 20.3 Å². The minimum Gasteiger partial charge on any atom is -0.444 e. The molecule has 1 amide bonds. The summed E-state index contributed by atoms with van der Waals surface area (Å²) in [6.45, 7) is 6.18. The maximum Gasteiger partial charge on any atom is 0.412 e. The highest BCUT2D eigenvalue weighted by molar-refractivity contribution is 9.10. The van der Waals surface area contributed by atoms with Gasteiger partial charge in [-0.15, -0.1) is 11.3 Å². The van der Waals surface area contributed by atoms with E-state index in [9.17, 15) is 4.79 Å². The summed E-state index contributed by atoms with van der Waals surface area (Å²) in [5.74, 6) is 0. The van der Waals surface area contributed by atoms with Crippen molar-refractivity contribution in [1.82, 2.24) is 4.90 Å². The predicted molar refractivity (Wildman–Crippen MR) is 78.4 cm³/mol. The Morgan fingerprint density at radius 3 is 2.89 bits per heavy atom. The predicted octanol–water partition coefficient (Wildman–Crippen LogP) is 3.95. The lowest BCUT2D eigenvalue weighted by molar-refractivity contribution is -0.0658. The number of carbonyl (C=O) groups excluding carboxylic acids is 1. The Labute approximate surface area is 125 Å². The van der Waals surface area contributed by atoms with Gasteiger partial charge in [0.25, 0.3) is 0 Å². The van der Waals surface area contributed by atoms with Crippen LogP contribution in [0.15, 0.2) is 9.85 Å². The van der Waals surface area contributed by atoms with E-state index in [-0.39, 0.29) is 12.3 Å². The van der Waals surface area contributed by atoms with Gasteiger partial charge in [0.1, 0.15) is 5.60 Å². The number of fused-ring (bicyclic) bond motifs is 1. The highest BCUT2D eigenvalue weighted by Crippen LogP contribution is 2.39. The molecule has 0 spiro atoms. The molecule has 4 nitrogen and oxygen atoms in total. The fraction of sp³-hybridized carbons (Fsp3) is 0.615. The van der Waals surface area contributed by atoms with Crippen molar-refractivity contribution in [1.29, 1.82) is 0 Å². The summed E-state index contributed by atoms with van der Waals surface area (Å²) >= 11 is 5.22. The highest BCUT2D eigenvalue weighted by Gasteiger charge is 2.32. The molecule has 1 aliphatic heterocycles. The Kier molecular flexibility index (Phi) is 4.23. The average Bonchev–Trinajstić information content (AvgIpc) is 2.68. The van der Waals surface area contributed by atoms with E-state index in [1.54, 1.807) is 18.4 Å². The van der Waals surface area contributed by atoms with Gasteiger partial charge >= 0.3 is 6.09 Å². The van der Waals surface area contributed by atoms with Crippen LogP contribution in [-0.4, -0.2) is 30.2 Å². The smallest absolute Gasteiger partial charge is 0.412 e. The Hall–Kier alpha value is -0.590. The number of carbonyl (C=O) groups is 1. The first-order valence-corrected chi connectivity index (χ1v) is 7.80. The molecule has 1 atom stereocenters. The zero-order valence-electron chi connectivity index (χ0n) is 11.5. The molecule has 0 bridgehead atoms. The summed E-state index contributed by atoms with van der Waals surface area (Å²) in [6.07, 6.45) is 0.146. The van der Waals surface area contributed by atoms with Crippen LogP contribution in [0.25, 0.3) is 0 Å². The van der Waals surface area contributed by atoms with Gasteiger partial charge in [0.15, 0.2) is 6.23 Å². The third kappa shape index (κ3) is 3.30. The average molecular weight is 348 g/mol. The van der Waals surface area contributed by atoms with E-state index in [2.05, 4.69) is 15.9 Å². The van der Waals surface area contributed by atoms with Crippen molar-refractivity contribution in [2.24, 2.45) is 0 Å². The van der Waals surface area contributed by atoms with E-state index < -0.39 is 5.60 Å². The minimum atomic E-state index is -0.505. The third-order valence-electron chi connectivity index (χ3n) is 2.75. The Morgan fingerprint density at radius 1 is 1.58 bits per heavy atom. The van der Waals surface area contributed by atoms with Gasteiger partial charge in [-0.3, -0.25) is 4.90 Å². The first-order valence-electron chi connectivity index (χ1n) is 6.13. The summed E-state index contributed by atoms with van der Waals surface area (Å²) in [4.78, 5) is 14.9. The van der Waals surface area contributed by atoms with Crippen LogP contribution < -0.4 is 0 Å². The topological polar surface area (TPSA) is 38.8 Å². The standard InChI is InChI=1S/C13H18BrNO3S/c1-13(2,3)18-12(16)15(4)11-10-8(14)7-19-9(10)5-6-17-11/h7,11H,5-6H2,1-4H3/t11-/m0/s1. The van der Waals surface area contributed by atoms with Crippen LogP contribution in [0.1, 0.15) is 37.4 Å². The van der Waals surface area contributed by atoms with E-state index in [1.165, 1.54) is 9.78 Å². The molecule has 1 aromatic heterocycles. The van der Waals surface area contributed by atoms with Gasteiger partial charge < -0.3 is 9.47 Å². The van der Waals surface area contributed by atoms with Gasteiger partial charge in [0, 0.05) is 33.8 Å². The van der Waals surface area contributed by atoms with Crippen molar-refractivity contribution in [3.8, 4) is 0 Å². The largest absolute Gasteiger partial charge is 0.444 e. The molecule has 0 aromatic carbocycles. The van der Waals surface area contributed by atoms with Gasteiger partial charge in [-0.1, -0.05) is 0 Å². The zero-order valence-corrected chi connectivity index (χ0v) is 13.9. The number of ether oxygens (including phenoxy) is 2. The Balaban J connectivity index is 2.19. The summed E-state index contributed by atoms with van der Waals surface area (Å²) < 4.78 is 12.1. The molecule has 2 rings (SSSR count). The van der Waals surface area contributed by atoms with Crippen molar-refractivity contribution in [3.63, 3.8) is 0 Å². The van der Waals surface area contributed by atoms with Crippen molar-refractivity contribution in [2.45, 2.75) is 39.0 Å². The van der Waals surface area contributed by atoms with Gasteiger partial charge in [0.2, 0.25) is 0 Å². The SMILES string of the molecule is CN(C(=O)OC(C)(C)C)[C@H]1OCCc2scc(Br)c21. The summed E-state index contributed by atoms with van der Waals surface area (Å²) in [5, 5.41) is 2.04. The molecule has 0 unspecified atom stereocenters. The molecule has 0 saturated carbocycles. The quantitative estimate of drug-likeness (QED) is 0.771. The van der Waals surface area contributed by atoms with Crippen LogP contribution in [0.3, 0.4) is 0 Å². The van der Waals surface area contributed by atoms with Gasteiger partial charge in [-0.25, -0.2) is 4.79 Å². The van der Waals surface area contributed by atoms with Gasteiger partial charge in [0.05, 0.1) is 6.61 Å². The number of nitrogens with zero attached hydrogens (tertiary/aromatic N) is 1. The lowest BCUT2D eigenvalue weighted by atomic mass is 10.1. The normalized spacial score (nSPS) is 18.9. The molecule has 2 heterocycles. The summed E-state index contributed by atoms with van der Waals surface area (Å²) in [7, 11) is 1.71. The van der Waals surface area contributed by atoms with Crippen LogP contribution in [-0.2, 0) is 15.9 Å². The molecule has 1 aromatic rings. The van der Waals surface area contributed by atoms with Gasteiger partial charge in [-0.2, -0.15) is 0 Å². The molecular formula is C13H18BrNO3S. The summed E-state index contributed by atoms with van der Waals surface area (Å²) in [5.41, 5.74) is 0.541. The van der Waals surface area contributed by atoms with Crippen molar-refractivity contribution in [2.75, 3.05) is 13.7 Å². The second kappa shape index (κ2) is 5.42. The van der Waals surface area contributed by atoms with Crippen molar-refractivity contribution >= 4 is 33.4 Å². The first kappa shape index (κ1) is 14.8. The van der Waals surface area contributed by atoms with Crippen LogP contribution >= 0.6 is 27.3 Å². The molecule has 0 radical (unpaired) electrons. The number of amides is 1. The second-order valence-corrected chi connectivity index (χ2v) is 7.30. The molecule has 0 saturated heterocycles. The zero-order chi connectivity index (χ0) is 14.2. The van der Waals surface area contributed by atoms with Crippen LogP contribution in [0.5, 0.6) is 0 Å². The van der Waals surface area contributed by atoms with Gasteiger partial charge in [-0.05, 0) is 36.7 Å². The number of rotatable bonds is 1. The molecule has 0 fully saturated rings. The lowest BCUT2D eigenvalue weighted by Gasteiger charge is -2.33. The summed E-state index contributed by atoms with van der Waals surface area (Å²) in [6, 6.07) is 0. The molecule has 1 aliphatic rings. The van der Waals surface area contributed by atoms with E-state index in [4.69, 9.17) is 9.47 Å². The second-order valence-electron chi connectivity index (χ2n) is 5.48. The minimum absolute atomic E-state index is 0.372. The number of hydrogen-bond acceptors (Lipinski definition) is 4. The van der Waals surface area contributed by atoms with E-state index in [1.807, 2.05) is 26.2 Å². The number of halogens is 1. The van der Waals surface area contributed by atoms with Crippen LogP contribution in [0.2, 0.25) is 0 Å². The Morgan fingerprint density at radius 2 is 2.26 bits per heavy atom. The molecule has 0 N–H and O–H groups in total. The number of thiophene rings is 1. The van der Waals surface area contributed by atoms with Crippen LogP contribution in [0.4, 0.5) is 4.79 Å². The first-order chi connectivity index (χ1) is 8.79. The Bertz CT molecular complexity index is 481. The fourth-order valence-corrected chi connectivity index (χ4v) is 3.67. The van der Waals surface area contributed by atoms with E-state index in [0.29, 0.717) is 6.61 Å². The van der Waals surface area contributed by atoms with Crippen LogP contribution in [0, 0.1) is 0 Å².